The fourth-order valence-electron chi connectivity index (χ4n) is 4.78. The van der Waals surface area contributed by atoms with Gasteiger partial charge in [-0.15, -0.1) is 0 Å². The van der Waals surface area contributed by atoms with Crippen LogP contribution in [-0.4, -0.2) is 42.4 Å². The Morgan fingerprint density at radius 1 is 1.17 bits per heavy atom. The first-order valence-electron chi connectivity index (χ1n) is 7.72. The second-order valence-corrected chi connectivity index (χ2v) is 6.62. The first kappa shape index (κ1) is 14.4. The van der Waals surface area contributed by atoms with E-state index < -0.39 is 28.9 Å². The van der Waals surface area contributed by atoms with Crippen LogP contribution in [0.3, 0.4) is 0 Å². The molecule has 0 aliphatic carbocycles. The van der Waals surface area contributed by atoms with E-state index in [0.29, 0.717) is 12.8 Å². The molecule has 6 heteroatoms. The van der Waals surface area contributed by atoms with Crippen LogP contribution in [0.15, 0.2) is 30.3 Å². The molecule has 0 spiro atoms. The molecule has 23 heavy (non-hydrogen) atoms. The number of esters is 1. The van der Waals surface area contributed by atoms with Crippen molar-refractivity contribution in [3.05, 3.63) is 35.9 Å². The molecule has 1 N–H and O–H groups in total. The van der Waals surface area contributed by atoms with Gasteiger partial charge >= 0.3 is 5.97 Å². The normalized spacial score (nSPS) is 38.1. The highest BCUT2D eigenvalue weighted by Gasteiger charge is 2.76. The van der Waals surface area contributed by atoms with E-state index in [2.05, 4.69) is 5.32 Å². The van der Waals surface area contributed by atoms with Gasteiger partial charge < -0.3 is 4.74 Å². The number of fused-ring (bicyclic) bond motifs is 5. The molecule has 1 aromatic rings. The topological polar surface area (TPSA) is 75.7 Å². The third kappa shape index (κ3) is 1.49. The van der Waals surface area contributed by atoms with E-state index in [4.69, 9.17) is 4.74 Å². The molecule has 4 rings (SSSR count). The Bertz CT molecular complexity index is 719. The van der Waals surface area contributed by atoms with Crippen LogP contribution in [-0.2, 0) is 24.7 Å². The Morgan fingerprint density at radius 2 is 1.83 bits per heavy atom. The summed E-state index contributed by atoms with van der Waals surface area (Å²) in [5.74, 6) is -2.23. The van der Waals surface area contributed by atoms with Gasteiger partial charge in [0.25, 0.3) is 0 Å². The van der Waals surface area contributed by atoms with Crippen LogP contribution in [0.4, 0.5) is 0 Å². The molecule has 2 bridgehead atoms. The summed E-state index contributed by atoms with van der Waals surface area (Å²) in [5.41, 5.74) is -0.848. The minimum Gasteiger partial charge on any atom is -0.468 e. The zero-order valence-electron chi connectivity index (χ0n) is 13.0. The summed E-state index contributed by atoms with van der Waals surface area (Å²) in [7, 11) is 2.81. The number of imide groups is 1. The molecule has 2 unspecified atom stereocenters. The van der Waals surface area contributed by atoms with Gasteiger partial charge in [-0.3, -0.25) is 24.6 Å². The predicted molar refractivity (Wildman–Crippen MR) is 80.0 cm³/mol. The Labute approximate surface area is 133 Å². The molecule has 1 aromatic carbocycles. The lowest BCUT2D eigenvalue weighted by molar-refractivity contribution is -0.153. The largest absolute Gasteiger partial charge is 0.468 e. The number of nitrogens with zero attached hydrogens (tertiary/aromatic N) is 1. The van der Waals surface area contributed by atoms with Crippen molar-refractivity contribution in [3.8, 4) is 0 Å². The van der Waals surface area contributed by atoms with Gasteiger partial charge in [-0.25, -0.2) is 0 Å². The van der Waals surface area contributed by atoms with Crippen LogP contribution in [0.25, 0.3) is 0 Å². The Balaban J connectivity index is 1.92. The summed E-state index contributed by atoms with van der Waals surface area (Å²) >= 11 is 0. The number of rotatable bonds is 2. The molecule has 120 valence electrons. The summed E-state index contributed by atoms with van der Waals surface area (Å²) in [6, 6.07) is 9.60. The van der Waals surface area contributed by atoms with Crippen molar-refractivity contribution in [2.75, 3.05) is 14.2 Å². The fourth-order valence-corrected chi connectivity index (χ4v) is 4.78. The van der Waals surface area contributed by atoms with Crippen LogP contribution < -0.4 is 5.32 Å². The van der Waals surface area contributed by atoms with Crippen LogP contribution in [0, 0.1) is 11.8 Å². The van der Waals surface area contributed by atoms with Crippen molar-refractivity contribution in [2.45, 2.75) is 23.9 Å². The van der Waals surface area contributed by atoms with Crippen LogP contribution in [0.5, 0.6) is 0 Å². The predicted octanol–water partition coefficient (Wildman–Crippen LogP) is 0.422. The van der Waals surface area contributed by atoms with Crippen LogP contribution in [0.2, 0.25) is 0 Å². The second kappa shape index (κ2) is 4.41. The number of amides is 2. The standard InChI is InChI=1S/C17H18N2O4/c1-19-13(20)11-12(14(19)21)17(15(22)23-2)9-8-16(11,18-17)10-6-4-3-5-7-10/h3-7,11-12,18H,8-9H2,1-2H3/t11?,12?,16-,17+/m0/s1. The SMILES string of the molecule is COC(=O)[C@]12CC[C@@](c3ccccc3)(N1)C1C(=O)N(C)C(=O)C12. The highest BCUT2D eigenvalue weighted by Crippen LogP contribution is 2.60. The number of hydrogen-bond donors (Lipinski definition) is 1. The van der Waals surface area contributed by atoms with Crippen LogP contribution in [0.1, 0.15) is 18.4 Å². The molecule has 0 aromatic heterocycles. The third-order valence-corrected chi connectivity index (χ3v) is 5.79. The summed E-state index contributed by atoms with van der Waals surface area (Å²) < 4.78 is 4.98. The molecular formula is C17H18N2O4. The minimum absolute atomic E-state index is 0.221. The molecule has 2 amide bonds. The molecule has 3 aliphatic rings. The Kier molecular flexibility index (Phi) is 2.76. The lowest BCUT2D eigenvalue weighted by Crippen LogP contribution is -2.54. The number of hydrogen-bond acceptors (Lipinski definition) is 5. The first-order chi connectivity index (χ1) is 11.0. The highest BCUT2D eigenvalue weighted by atomic mass is 16.5. The van der Waals surface area contributed by atoms with Crippen molar-refractivity contribution in [2.24, 2.45) is 11.8 Å². The number of benzene rings is 1. The van der Waals surface area contributed by atoms with E-state index >= 15 is 0 Å². The molecular weight excluding hydrogens is 296 g/mol. The Hall–Kier alpha value is -2.21. The molecule has 0 radical (unpaired) electrons. The van der Waals surface area contributed by atoms with Gasteiger partial charge in [-0.1, -0.05) is 30.3 Å². The van der Waals surface area contributed by atoms with Crippen molar-refractivity contribution in [3.63, 3.8) is 0 Å². The number of nitrogens with one attached hydrogen (secondary N) is 1. The Morgan fingerprint density at radius 3 is 2.48 bits per heavy atom. The quantitative estimate of drug-likeness (QED) is 0.632. The molecule has 6 nitrogen and oxygen atoms in total. The molecule has 3 heterocycles. The van der Waals surface area contributed by atoms with Gasteiger partial charge in [-0.05, 0) is 18.4 Å². The smallest absolute Gasteiger partial charge is 0.326 e. The average Bonchev–Trinajstić information content (AvgIpc) is 3.20. The van der Waals surface area contributed by atoms with Crippen molar-refractivity contribution >= 4 is 17.8 Å². The number of ether oxygens (including phenoxy) is 1. The van der Waals surface area contributed by atoms with E-state index in [0.717, 1.165) is 10.5 Å². The van der Waals surface area contributed by atoms with Crippen molar-refractivity contribution in [1.29, 1.82) is 0 Å². The van der Waals surface area contributed by atoms with Gasteiger partial charge in [0.1, 0.15) is 5.54 Å². The van der Waals surface area contributed by atoms with Gasteiger partial charge in [0.05, 0.1) is 24.5 Å². The lowest BCUT2D eigenvalue weighted by atomic mass is 9.65. The maximum Gasteiger partial charge on any atom is 0.326 e. The van der Waals surface area contributed by atoms with Gasteiger partial charge in [0.15, 0.2) is 0 Å². The first-order valence-corrected chi connectivity index (χ1v) is 7.72. The van der Waals surface area contributed by atoms with E-state index in [9.17, 15) is 14.4 Å². The molecule has 3 saturated heterocycles. The molecule has 4 atom stereocenters. The number of carbonyl (C=O) groups excluding carboxylic acids is 3. The van der Waals surface area contributed by atoms with E-state index in [1.54, 1.807) is 0 Å². The zero-order valence-corrected chi connectivity index (χ0v) is 13.0. The van der Waals surface area contributed by atoms with Crippen molar-refractivity contribution < 1.29 is 19.1 Å². The lowest BCUT2D eigenvalue weighted by Gasteiger charge is -2.33. The summed E-state index contributed by atoms with van der Waals surface area (Å²) in [5, 5.41) is 3.36. The summed E-state index contributed by atoms with van der Waals surface area (Å²) in [6.07, 6.45) is 1.11. The van der Waals surface area contributed by atoms with Crippen molar-refractivity contribution in [1.82, 2.24) is 10.2 Å². The average molecular weight is 314 g/mol. The number of likely N-dealkylation sites (tertiary alicyclic amines) is 1. The van der Waals surface area contributed by atoms with Gasteiger partial charge in [-0.2, -0.15) is 0 Å². The number of methoxy groups -OCH3 is 1. The molecule has 3 fully saturated rings. The van der Waals surface area contributed by atoms with E-state index in [1.165, 1.54) is 14.2 Å². The number of carbonyl (C=O) groups is 3. The zero-order chi connectivity index (χ0) is 16.4. The molecule has 0 saturated carbocycles. The summed E-state index contributed by atoms with van der Waals surface area (Å²) in [6.45, 7) is 0. The molecule has 3 aliphatic heterocycles. The van der Waals surface area contributed by atoms with E-state index in [-0.39, 0.29) is 11.8 Å². The van der Waals surface area contributed by atoms with Crippen LogP contribution >= 0.6 is 0 Å². The maximum absolute atomic E-state index is 12.7. The maximum atomic E-state index is 12.7. The second-order valence-electron chi connectivity index (χ2n) is 6.62. The van der Waals surface area contributed by atoms with E-state index in [1.807, 2.05) is 30.3 Å². The third-order valence-electron chi connectivity index (χ3n) is 5.79. The van der Waals surface area contributed by atoms with Gasteiger partial charge in [0.2, 0.25) is 11.8 Å². The minimum atomic E-state index is -1.10. The van der Waals surface area contributed by atoms with Gasteiger partial charge in [0, 0.05) is 7.05 Å². The highest BCUT2D eigenvalue weighted by molar-refractivity contribution is 6.10. The fraction of sp³-hybridized carbons (Fsp3) is 0.471. The monoisotopic (exact) mass is 314 g/mol. The summed E-state index contributed by atoms with van der Waals surface area (Å²) in [4.78, 5) is 39.0.